The van der Waals surface area contributed by atoms with Gasteiger partial charge in [0.1, 0.15) is 5.03 Å². The van der Waals surface area contributed by atoms with Gasteiger partial charge in [0.25, 0.3) is 0 Å². The average Bonchev–Trinajstić information content (AvgIpc) is 2.81. The highest BCUT2D eigenvalue weighted by Gasteiger charge is 2.14. The lowest BCUT2D eigenvalue weighted by Crippen LogP contribution is -2.25. The van der Waals surface area contributed by atoms with Crippen molar-refractivity contribution in [3.05, 3.63) is 24.4 Å². The zero-order valence-electron chi connectivity index (χ0n) is 19.5. The van der Waals surface area contributed by atoms with E-state index in [2.05, 4.69) is 15.6 Å². The quantitative estimate of drug-likeness (QED) is 0.128. The largest absolute Gasteiger partial charge is 0.356 e. The summed E-state index contributed by atoms with van der Waals surface area (Å²) in [6, 6.07) is 5.77. The van der Waals surface area contributed by atoms with E-state index in [0.717, 1.165) is 55.7 Å². The van der Waals surface area contributed by atoms with Crippen molar-refractivity contribution in [2.45, 2.75) is 69.7 Å². The molecule has 0 aliphatic rings. The Morgan fingerprint density at radius 2 is 1.67 bits per heavy atom. The first-order valence-electron chi connectivity index (χ1n) is 11.6. The van der Waals surface area contributed by atoms with Crippen LogP contribution in [0, 0.1) is 0 Å². The van der Waals surface area contributed by atoms with Crippen LogP contribution in [0.25, 0.3) is 0 Å². The second kappa shape index (κ2) is 19.3. The molecule has 1 aromatic rings. The smallest absolute Gasteiger partial charge is 0.327 e. The topological polar surface area (TPSA) is 118 Å². The highest BCUT2D eigenvalue weighted by Crippen LogP contribution is 2.41. The van der Waals surface area contributed by atoms with E-state index in [1.165, 1.54) is 0 Å². The molecule has 1 unspecified atom stereocenters. The molecule has 2 amide bonds. The van der Waals surface area contributed by atoms with Crippen molar-refractivity contribution in [2.24, 2.45) is 0 Å². The number of rotatable bonds is 20. The number of carbonyl (C=O) groups excluding carboxylic acids is 2. The van der Waals surface area contributed by atoms with Crippen molar-refractivity contribution in [2.75, 3.05) is 31.6 Å². The van der Waals surface area contributed by atoms with Crippen LogP contribution in [-0.4, -0.2) is 53.3 Å². The van der Waals surface area contributed by atoms with Crippen molar-refractivity contribution >= 4 is 41.0 Å². The Balaban J connectivity index is 1.84. The number of pyridine rings is 1. The van der Waals surface area contributed by atoms with Crippen LogP contribution in [0.2, 0.25) is 0 Å². The standard InChI is InChI=1S/C22H38N3O5PS2/c1-2-31(28,29)30-18-11-4-3-8-15-23-20(26)12-6-5-9-16-24-21(27)14-19-32-33-22-13-7-10-17-25-22/h7,10,13,17H,2-6,8-9,11-12,14-16,18-19H2,1H3,(H,23,26)(H,24,27)(H,28,29). The molecule has 0 aliphatic carbocycles. The Kier molecular flexibility index (Phi) is 17.5. The molecule has 0 spiro atoms. The fraction of sp³-hybridized carbons (Fsp3) is 0.682. The van der Waals surface area contributed by atoms with Crippen LogP contribution in [0.1, 0.15) is 64.7 Å². The second-order valence-corrected chi connectivity index (χ2v) is 12.1. The van der Waals surface area contributed by atoms with Gasteiger partial charge in [-0.15, -0.1) is 0 Å². The zero-order valence-corrected chi connectivity index (χ0v) is 22.0. The van der Waals surface area contributed by atoms with Crippen LogP contribution >= 0.6 is 29.2 Å². The van der Waals surface area contributed by atoms with E-state index in [1.807, 2.05) is 18.2 Å². The molecule has 11 heteroatoms. The van der Waals surface area contributed by atoms with Crippen molar-refractivity contribution in [1.82, 2.24) is 15.6 Å². The summed E-state index contributed by atoms with van der Waals surface area (Å²) in [4.78, 5) is 37.2. The molecule has 1 aromatic heterocycles. The average molecular weight is 520 g/mol. The highest BCUT2D eigenvalue weighted by atomic mass is 33.1. The van der Waals surface area contributed by atoms with E-state index >= 15 is 0 Å². The molecule has 1 rings (SSSR count). The summed E-state index contributed by atoms with van der Waals surface area (Å²) in [6.07, 6.45) is 8.98. The van der Waals surface area contributed by atoms with Crippen LogP contribution < -0.4 is 10.6 Å². The van der Waals surface area contributed by atoms with Gasteiger partial charge in [0.2, 0.25) is 11.8 Å². The molecule has 188 valence electrons. The Bertz CT molecular complexity index is 713. The Morgan fingerprint density at radius 1 is 1.00 bits per heavy atom. The van der Waals surface area contributed by atoms with Gasteiger partial charge in [-0.25, -0.2) is 4.98 Å². The minimum Gasteiger partial charge on any atom is -0.356 e. The number of carbonyl (C=O) groups is 2. The van der Waals surface area contributed by atoms with E-state index in [0.29, 0.717) is 32.5 Å². The third kappa shape index (κ3) is 18.0. The third-order valence-electron chi connectivity index (χ3n) is 4.68. The minimum atomic E-state index is -3.37. The molecule has 1 heterocycles. The van der Waals surface area contributed by atoms with Crippen LogP contribution in [-0.2, 0) is 18.7 Å². The lowest BCUT2D eigenvalue weighted by Gasteiger charge is -2.09. The van der Waals surface area contributed by atoms with Crippen molar-refractivity contribution in [3.8, 4) is 0 Å². The maximum absolute atomic E-state index is 11.8. The highest BCUT2D eigenvalue weighted by molar-refractivity contribution is 8.76. The maximum atomic E-state index is 11.8. The second-order valence-electron chi connectivity index (χ2n) is 7.53. The minimum absolute atomic E-state index is 0.0594. The van der Waals surface area contributed by atoms with Crippen LogP contribution in [0.15, 0.2) is 29.4 Å². The normalized spacial score (nSPS) is 12.8. The van der Waals surface area contributed by atoms with E-state index in [9.17, 15) is 19.0 Å². The van der Waals surface area contributed by atoms with E-state index < -0.39 is 7.60 Å². The van der Waals surface area contributed by atoms with E-state index in [1.54, 1.807) is 34.7 Å². The first-order chi connectivity index (χ1) is 15.9. The van der Waals surface area contributed by atoms with Crippen LogP contribution in [0.3, 0.4) is 0 Å². The van der Waals surface area contributed by atoms with Gasteiger partial charge >= 0.3 is 7.60 Å². The molecule has 0 saturated carbocycles. The summed E-state index contributed by atoms with van der Waals surface area (Å²) in [6.45, 7) is 3.24. The number of aromatic nitrogens is 1. The van der Waals surface area contributed by atoms with Crippen LogP contribution in [0.4, 0.5) is 0 Å². The molecule has 0 bridgehead atoms. The fourth-order valence-electron chi connectivity index (χ4n) is 2.73. The van der Waals surface area contributed by atoms with Gasteiger partial charge in [-0.1, -0.05) is 43.0 Å². The number of nitrogens with one attached hydrogen (secondary N) is 2. The number of hydrogen-bond donors (Lipinski definition) is 3. The Morgan fingerprint density at radius 3 is 2.33 bits per heavy atom. The summed E-state index contributed by atoms with van der Waals surface area (Å²) in [5.74, 6) is 0.864. The molecule has 0 fully saturated rings. The van der Waals surface area contributed by atoms with Crippen molar-refractivity contribution in [3.63, 3.8) is 0 Å². The third-order valence-corrected chi connectivity index (χ3v) is 8.34. The maximum Gasteiger partial charge on any atom is 0.327 e. The SMILES string of the molecule is CCP(=O)(O)OCCCCCCNC(=O)CCCCCNC(=O)CCSSc1ccccn1. The molecule has 0 saturated heterocycles. The summed E-state index contributed by atoms with van der Waals surface area (Å²) in [5, 5.41) is 6.80. The summed E-state index contributed by atoms with van der Waals surface area (Å²) >= 11 is 0. The lowest BCUT2D eigenvalue weighted by atomic mass is 10.1. The Labute approximate surface area is 205 Å². The number of unbranched alkanes of at least 4 members (excludes halogenated alkanes) is 5. The number of hydrogen-bond acceptors (Lipinski definition) is 7. The summed E-state index contributed by atoms with van der Waals surface area (Å²) in [7, 11) is -0.167. The monoisotopic (exact) mass is 519 g/mol. The molecule has 3 N–H and O–H groups in total. The Hall–Kier alpha value is -1.06. The molecule has 0 radical (unpaired) electrons. The van der Waals surface area contributed by atoms with Crippen molar-refractivity contribution in [1.29, 1.82) is 0 Å². The molecule has 1 atom stereocenters. The fourth-order valence-corrected chi connectivity index (χ4v) is 5.20. The first-order valence-corrected chi connectivity index (χ1v) is 15.7. The van der Waals surface area contributed by atoms with Gasteiger partial charge in [-0.2, -0.15) is 0 Å². The number of amides is 2. The summed E-state index contributed by atoms with van der Waals surface area (Å²) in [5.41, 5.74) is 0. The molecule has 8 nitrogen and oxygen atoms in total. The van der Waals surface area contributed by atoms with Gasteiger partial charge in [-0.3, -0.25) is 14.2 Å². The first kappa shape index (κ1) is 30.0. The van der Waals surface area contributed by atoms with E-state index in [4.69, 9.17) is 4.52 Å². The predicted octanol–water partition coefficient (Wildman–Crippen LogP) is 4.79. The van der Waals surface area contributed by atoms with Gasteiger partial charge in [0, 0.05) is 44.0 Å². The van der Waals surface area contributed by atoms with Gasteiger partial charge in [0.05, 0.1) is 6.61 Å². The van der Waals surface area contributed by atoms with Gasteiger partial charge in [-0.05, 0) is 48.6 Å². The number of nitrogens with zero attached hydrogens (tertiary/aromatic N) is 1. The molecule has 0 aromatic carbocycles. The summed E-state index contributed by atoms with van der Waals surface area (Å²) < 4.78 is 16.3. The zero-order chi connectivity index (χ0) is 24.2. The molecule has 33 heavy (non-hydrogen) atoms. The van der Waals surface area contributed by atoms with Crippen molar-refractivity contribution < 1.29 is 23.6 Å². The predicted molar refractivity (Wildman–Crippen MR) is 136 cm³/mol. The van der Waals surface area contributed by atoms with Crippen LogP contribution in [0.5, 0.6) is 0 Å². The molecule has 0 aliphatic heterocycles. The molecular weight excluding hydrogens is 481 g/mol. The molecular formula is C22H38N3O5PS2. The lowest BCUT2D eigenvalue weighted by molar-refractivity contribution is -0.122. The van der Waals surface area contributed by atoms with Gasteiger partial charge < -0.3 is 20.1 Å². The van der Waals surface area contributed by atoms with Gasteiger partial charge in [0.15, 0.2) is 0 Å². The van der Waals surface area contributed by atoms with E-state index in [-0.39, 0.29) is 18.0 Å².